The summed E-state index contributed by atoms with van der Waals surface area (Å²) in [6.07, 6.45) is 6.50. The van der Waals surface area contributed by atoms with Gasteiger partial charge < -0.3 is 11.1 Å². The number of carbonyl (C=O) groups excluding carboxylic acids is 1. The van der Waals surface area contributed by atoms with Crippen LogP contribution in [-0.2, 0) is 4.79 Å². The van der Waals surface area contributed by atoms with Crippen LogP contribution in [0.2, 0.25) is 0 Å². The first-order valence-corrected chi connectivity index (χ1v) is 5.75. The molecular formula is C11H22N2O. The third-order valence-corrected chi connectivity index (χ3v) is 2.73. The maximum absolute atomic E-state index is 11.5. The second-order valence-corrected chi connectivity index (χ2v) is 4.29. The second-order valence-electron chi connectivity index (χ2n) is 4.29. The molecule has 1 fully saturated rings. The maximum atomic E-state index is 11.5. The zero-order valence-corrected chi connectivity index (χ0v) is 9.09. The monoisotopic (exact) mass is 198 g/mol. The zero-order valence-electron chi connectivity index (χ0n) is 9.09. The molecule has 82 valence electrons. The molecule has 0 saturated heterocycles. The van der Waals surface area contributed by atoms with Gasteiger partial charge in [0.15, 0.2) is 0 Å². The van der Waals surface area contributed by atoms with E-state index in [-0.39, 0.29) is 11.9 Å². The summed E-state index contributed by atoms with van der Waals surface area (Å²) in [7, 11) is 0. The molecule has 1 aliphatic rings. The Bertz CT molecular complexity index is 178. The molecule has 0 aliphatic heterocycles. The quantitative estimate of drug-likeness (QED) is 0.650. The van der Waals surface area contributed by atoms with Gasteiger partial charge in [-0.15, -0.1) is 0 Å². The van der Waals surface area contributed by atoms with Crippen molar-refractivity contribution in [2.24, 2.45) is 11.7 Å². The molecule has 1 atom stereocenters. The van der Waals surface area contributed by atoms with Crippen LogP contribution in [0.5, 0.6) is 0 Å². The fourth-order valence-electron chi connectivity index (χ4n) is 1.57. The Kier molecular flexibility index (Phi) is 4.94. The van der Waals surface area contributed by atoms with Gasteiger partial charge in [-0.05, 0) is 25.2 Å². The molecule has 0 aromatic rings. The van der Waals surface area contributed by atoms with E-state index in [0.717, 1.165) is 19.3 Å². The van der Waals surface area contributed by atoms with Crippen molar-refractivity contribution in [3.05, 3.63) is 0 Å². The molecule has 0 spiro atoms. The van der Waals surface area contributed by atoms with Crippen molar-refractivity contribution < 1.29 is 4.79 Å². The highest BCUT2D eigenvalue weighted by Gasteiger charge is 2.24. The van der Waals surface area contributed by atoms with Crippen LogP contribution >= 0.6 is 0 Å². The molecule has 1 amide bonds. The summed E-state index contributed by atoms with van der Waals surface area (Å²) < 4.78 is 0. The molecule has 3 nitrogen and oxygen atoms in total. The van der Waals surface area contributed by atoms with Crippen molar-refractivity contribution in [3.8, 4) is 0 Å². The van der Waals surface area contributed by atoms with Gasteiger partial charge in [-0.3, -0.25) is 4.79 Å². The summed E-state index contributed by atoms with van der Waals surface area (Å²) in [4.78, 5) is 11.5. The highest BCUT2D eigenvalue weighted by atomic mass is 16.1. The van der Waals surface area contributed by atoms with Gasteiger partial charge in [0.25, 0.3) is 0 Å². The summed E-state index contributed by atoms with van der Waals surface area (Å²) in [5.41, 5.74) is 5.59. The molecule has 0 radical (unpaired) electrons. The van der Waals surface area contributed by atoms with Crippen LogP contribution in [-0.4, -0.2) is 18.5 Å². The van der Waals surface area contributed by atoms with Gasteiger partial charge in [-0.2, -0.15) is 0 Å². The molecule has 1 rings (SSSR count). The molecular weight excluding hydrogens is 176 g/mol. The van der Waals surface area contributed by atoms with Gasteiger partial charge in [0.05, 0.1) is 0 Å². The molecule has 1 aliphatic carbocycles. The number of unbranched alkanes of at least 4 members (excludes halogenated alkanes) is 1. The van der Waals surface area contributed by atoms with E-state index in [2.05, 4.69) is 12.2 Å². The predicted molar refractivity (Wildman–Crippen MR) is 57.9 cm³/mol. The number of hydrogen-bond acceptors (Lipinski definition) is 2. The molecule has 3 N–H and O–H groups in total. The van der Waals surface area contributed by atoms with Crippen molar-refractivity contribution in [3.63, 3.8) is 0 Å². The van der Waals surface area contributed by atoms with E-state index in [1.165, 1.54) is 12.8 Å². The third kappa shape index (κ3) is 4.61. The van der Waals surface area contributed by atoms with Crippen molar-refractivity contribution in [1.29, 1.82) is 0 Å². The van der Waals surface area contributed by atoms with Crippen LogP contribution in [0.3, 0.4) is 0 Å². The Morgan fingerprint density at radius 1 is 1.57 bits per heavy atom. The fourth-order valence-corrected chi connectivity index (χ4v) is 1.57. The van der Waals surface area contributed by atoms with Gasteiger partial charge in [-0.1, -0.05) is 19.8 Å². The first-order chi connectivity index (χ1) is 6.76. The van der Waals surface area contributed by atoms with Crippen LogP contribution in [0.4, 0.5) is 0 Å². The molecule has 0 aromatic carbocycles. The summed E-state index contributed by atoms with van der Waals surface area (Å²) in [6.45, 7) is 2.72. The topological polar surface area (TPSA) is 55.1 Å². The van der Waals surface area contributed by atoms with E-state index in [9.17, 15) is 4.79 Å². The lowest BCUT2D eigenvalue weighted by Gasteiger charge is -2.16. The molecule has 1 saturated carbocycles. The fraction of sp³-hybridized carbons (Fsp3) is 0.909. The van der Waals surface area contributed by atoms with Crippen LogP contribution in [0.15, 0.2) is 0 Å². The Hall–Kier alpha value is -0.570. The van der Waals surface area contributed by atoms with Crippen molar-refractivity contribution in [2.75, 3.05) is 6.54 Å². The minimum atomic E-state index is 0.194. The number of nitrogens with one attached hydrogen (secondary N) is 1. The molecule has 14 heavy (non-hydrogen) atoms. The third-order valence-electron chi connectivity index (χ3n) is 2.73. The van der Waals surface area contributed by atoms with Gasteiger partial charge in [-0.25, -0.2) is 0 Å². The number of nitrogens with two attached hydrogens (primary N) is 1. The summed E-state index contributed by atoms with van der Waals surface area (Å²) in [6, 6.07) is 0.196. The van der Waals surface area contributed by atoms with Crippen LogP contribution in [0.25, 0.3) is 0 Å². The van der Waals surface area contributed by atoms with Gasteiger partial charge in [0.2, 0.25) is 5.91 Å². The number of amides is 1. The van der Waals surface area contributed by atoms with Crippen molar-refractivity contribution in [2.45, 2.75) is 51.5 Å². The minimum absolute atomic E-state index is 0.194. The molecule has 1 unspecified atom stereocenters. The average molecular weight is 198 g/mol. The lowest BCUT2D eigenvalue weighted by atomic mass is 10.1. The van der Waals surface area contributed by atoms with E-state index in [1.54, 1.807) is 0 Å². The van der Waals surface area contributed by atoms with Crippen LogP contribution < -0.4 is 11.1 Å². The molecule has 0 heterocycles. The standard InChI is InChI=1S/C11H22N2O/c1-2-3-4-10(8-12)13-11(14)7-9-5-6-9/h9-10H,2-8,12H2,1H3,(H,13,14). The first-order valence-electron chi connectivity index (χ1n) is 5.75. The largest absolute Gasteiger partial charge is 0.352 e. The number of hydrogen-bond donors (Lipinski definition) is 2. The van der Waals surface area contributed by atoms with Crippen molar-refractivity contribution >= 4 is 5.91 Å². The summed E-state index contributed by atoms with van der Waals surface area (Å²) in [5, 5.41) is 3.01. The summed E-state index contributed by atoms with van der Waals surface area (Å²) >= 11 is 0. The highest BCUT2D eigenvalue weighted by molar-refractivity contribution is 5.76. The molecule has 0 aromatic heterocycles. The van der Waals surface area contributed by atoms with E-state index in [1.807, 2.05) is 0 Å². The molecule has 0 bridgehead atoms. The Labute approximate surface area is 86.4 Å². The Morgan fingerprint density at radius 3 is 2.79 bits per heavy atom. The highest BCUT2D eigenvalue weighted by Crippen LogP contribution is 2.32. The van der Waals surface area contributed by atoms with Crippen LogP contribution in [0.1, 0.15) is 45.4 Å². The van der Waals surface area contributed by atoms with Crippen LogP contribution in [0, 0.1) is 5.92 Å². The Balaban J connectivity index is 2.13. The minimum Gasteiger partial charge on any atom is -0.352 e. The van der Waals surface area contributed by atoms with E-state index in [0.29, 0.717) is 18.9 Å². The van der Waals surface area contributed by atoms with Gasteiger partial charge >= 0.3 is 0 Å². The Morgan fingerprint density at radius 2 is 2.29 bits per heavy atom. The van der Waals surface area contributed by atoms with E-state index >= 15 is 0 Å². The van der Waals surface area contributed by atoms with E-state index in [4.69, 9.17) is 5.73 Å². The smallest absolute Gasteiger partial charge is 0.220 e. The lowest BCUT2D eigenvalue weighted by Crippen LogP contribution is -2.40. The van der Waals surface area contributed by atoms with E-state index < -0.39 is 0 Å². The lowest BCUT2D eigenvalue weighted by molar-refractivity contribution is -0.122. The van der Waals surface area contributed by atoms with Gasteiger partial charge in [0, 0.05) is 19.0 Å². The normalized spacial score (nSPS) is 17.9. The SMILES string of the molecule is CCCCC(CN)NC(=O)CC1CC1. The average Bonchev–Trinajstić information content (AvgIpc) is 2.95. The zero-order chi connectivity index (χ0) is 10.4. The number of carbonyl (C=O) groups is 1. The van der Waals surface area contributed by atoms with Gasteiger partial charge in [0.1, 0.15) is 0 Å². The number of rotatable bonds is 7. The molecule has 3 heteroatoms. The first kappa shape index (κ1) is 11.5. The predicted octanol–water partition coefficient (Wildman–Crippen LogP) is 1.42. The summed E-state index contributed by atoms with van der Waals surface area (Å²) in [5.74, 6) is 0.860. The second kappa shape index (κ2) is 6.02. The van der Waals surface area contributed by atoms with Crippen molar-refractivity contribution in [1.82, 2.24) is 5.32 Å². The maximum Gasteiger partial charge on any atom is 0.220 e.